The standard InChI is InChI=1S/C21H21F3N2O2/c1-14-19(20(2,27)12-15-4-10-18(28-3)11-5-15)13-26(25-14)17-8-6-16(7-9-17)21(22,23)24/h4-11,13,27H,12H2,1-3H3/t20-/m1/s1. The van der Waals surface area contributed by atoms with Crippen molar-refractivity contribution in [2.75, 3.05) is 7.11 Å². The molecule has 0 aliphatic rings. The highest BCUT2D eigenvalue weighted by atomic mass is 19.4. The number of hydrogen-bond donors (Lipinski definition) is 1. The van der Waals surface area contributed by atoms with Crippen LogP contribution in [0.25, 0.3) is 5.69 Å². The summed E-state index contributed by atoms with van der Waals surface area (Å²) in [5.41, 5.74) is 0.728. The molecule has 0 fully saturated rings. The number of aromatic nitrogens is 2. The molecule has 0 unspecified atom stereocenters. The summed E-state index contributed by atoms with van der Waals surface area (Å²) < 4.78 is 44.8. The highest BCUT2D eigenvalue weighted by Gasteiger charge is 2.31. The first-order chi connectivity index (χ1) is 13.1. The van der Waals surface area contributed by atoms with E-state index in [1.165, 1.54) is 16.8 Å². The first-order valence-corrected chi connectivity index (χ1v) is 8.70. The van der Waals surface area contributed by atoms with Crippen molar-refractivity contribution < 1.29 is 23.0 Å². The molecule has 1 atom stereocenters. The Labute approximate surface area is 161 Å². The summed E-state index contributed by atoms with van der Waals surface area (Å²) in [6, 6.07) is 12.1. The molecule has 0 amide bonds. The van der Waals surface area contributed by atoms with E-state index in [9.17, 15) is 18.3 Å². The maximum absolute atomic E-state index is 12.7. The molecule has 0 spiro atoms. The van der Waals surface area contributed by atoms with E-state index in [2.05, 4.69) is 5.10 Å². The van der Waals surface area contributed by atoms with Gasteiger partial charge in [-0.2, -0.15) is 18.3 Å². The number of nitrogens with zero attached hydrogens (tertiary/aromatic N) is 2. The van der Waals surface area contributed by atoms with Gasteiger partial charge >= 0.3 is 6.18 Å². The second kappa shape index (κ2) is 7.31. The third kappa shape index (κ3) is 4.20. The van der Waals surface area contributed by atoms with Crippen LogP contribution in [0.15, 0.2) is 54.7 Å². The lowest BCUT2D eigenvalue weighted by molar-refractivity contribution is -0.137. The van der Waals surface area contributed by atoms with Gasteiger partial charge in [0.25, 0.3) is 0 Å². The molecule has 0 aliphatic carbocycles. The Morgan fingerprint density at radius 2 is 1.64 bits per heavy atom. The number of alkyl halides is 3. The van der Waals surface area contributed by atoms with Crippen molar-refractivity contribution in [2.45, 2.75) is 32.0 Å². The molecule has 0 bridgehead atoms. The highest BCUT2D eigenvalue weighted by Crippen LogP contribution is 2.31. The number of benzene rings is 2. The van der Waals surface area contributed by atoms with Gasteiger partial charge in [0, 0.05) is 18.2 Å². The first-order valence-electron chi connectivity index (χ1n) is 8.70. The number of aryl methyl sites for hydroxylation is 1. The van der Waals surface area contributed by atoms with Gasteiger partial charge in [-0.05, 0) is 55.8 Å². The monoisotopic (exact) mass is 390 g/mol. The van der Waals surface area contributed by atoms with Crippen LogP contribution in [0.2, 0.25) is 0 Å². The van der Waals surface area contributed by atoms with Gasteiger partial charge in [0.05, 0.1) is 29.7 Å². The molecule has 1 aromatic heterocycles. The topological polar surface area (TPSA) is 47.3 Å². The van der Waals surface area contributed by atoms with Gasteiger partial charge < -0.3 is 9.84 Å². The normalized spacial score (nSPS) is 14.0. The second-order valence-electron chi connectivity index (χ2n) is 6.92. The van der Waals surface area contributed by atoms with Gasteiger partial charge in [-0.1, -0.05) is 12.1 Å². The Balaban J connectivity index is 1.85. The lowest BCUT2D eigenvalue weighted by atomic mass is 9.89. The predicted octanol–water partition coefficient (Wildman–Crippen LogP) is 4.66. The quantitative estimate of drug-likeness (QED) is 0.689. The fourth-order valence-electron chi connectivity index (χ4n) is 3.16. The largest absolute Gasteiger partial charge is 0.497 e. The number of methoxy groups -OCH3 is 1. The Morgan fingerprint density at radius 1 is 1.04 bits per heavy atom. The zero-order chi connectivity index (χ0) is 20.5. The van der Waals surface area contributed by atoms with Crippen LogP contribution in [0.5, 0.6) is 5.75 Å². The second-order valence-corrected chi connectivity index (χ2v) is 6.92. The van der Waals surface area contributed by atoms with E-state index >= 15 is 0 Å². The van der Waals surface area contributed by atoms with Crippen molar-refractivity contribution in [3.63, 3.8) is 0 Å². The molecule has 0 radical (unpaired) electrons. The smallest absolute Gasteiger partial charge is 0.416 e. The molecule has 7 heteroatoms. The van der Waals surface area contributed by atoms with Crippen LogP contribution in [0.1, 0.15) is 29.3 Å². The fraction of sp³-hybridized carbons (Fsp3) is 0.286. The van der Waals surface area contributed by atoms with Gasteiger partial charge in [0.15, 0.2) is 0 Å². The summed E-state index contributed by atoms with van der Waals surface area (Å²) in [6.07, 6.45) is -2.37. The van der Waals surface area contributed by atoms with E-state index in [1.807, 2.05) is 24.3 Å². The maximum atomic E-state index is 12.7. The Kier molecular flexibility index (Phi) is 5.21. The molecule has 0 aliphatic heterocycles. The van der Waals surface area contributed by atoms with E-state index in [4.69, 9.17) is 4.74 Å². The van der Waals surface area contributed by atoms with Crippen molar-refractivity contribution in [1.82, 2.24) is 9.78 Å². The zero-order valence-corrected chi connectivity index (χ0v) is 15.8. The van der Waals surface area contributed by atoms with Crippen LogP contribution in [0.4, 0.5) is 13.2 Å². The highest BCUT2D eigenvalue weighted by molar-refractivity contribution is 5.38. The molecule has 1 heterocycles. The van der Waals surface area contributed by atoms with Crippen LogP contribution in [0.3, 0.4) is 0 Å². The van der Waals surface area contributed by atoms with Crippen LogP contribution in [0, 0.1) is 6.92 Å². The number of aliphatic hydroxyl groups is 1. The Hall–Kier alpha value is -2.80. The van der Waals surface area contributed by atoms with E-state index in [-0.39, 0.29) is 0 Å². The summed E-state index contributed by atoms with van der Waals surface area (Å²) >= 11 is 0. The van der Waals surface area contributed by atoms with E-state index in [1.54, 1.807) is 27.2 Å². The molecule has 4 nitrogen and oxygen atoms in total. The number of hydrogen-bond acceptors (Lipinski definition) is 3. The van der Waals surface area contributed by atoms with Crippen LogP contribution in [-0.2, 0) is 18.2 Å². The van der Waals surface area contributed by atoms with Crippen LogP contribution >= 0.6 is 0 Å². The van der Waals surface area contributed by atoms with Crippen molar-refractivity contribution in [3.8, 4) is 11.4 Å². The molecule has 3 rings (SSSR count). The van der Waals surface area contributed by atoms with Crippen molar-refractivity contribution >= 4 is 0 Å². The molecule has 3 aromatic rings. The summed E-state index contributed by atoms with van der Waals surface area (Å²) in [6.45, 7) is 3.46. The predicted molar refractivity (Wildman–Crippen MR) is 99.6 cm³/mol. The number of halogens is 3. The van der Waals surface area contributed by atoms with Gasteiger partial charge in [0.2, 0.25) is 0 Å². The molecule has 148 valence electrons. The lowest BCUT2D eigenvalue weighted by Crippen LogP contribution is -2.24. The molecule has 0 saturated carbocycles. The summed E-state index contributed by atoms with van der Waals surface area (Å²) in [5.74, 6) is 0.731. The van der Waals surface area contributed by atoms with Gasteiger partial charge in [-0.15, -0.1) is 0 Å². The third-order valence-electron chi connectivity index (χ3n) is 4.65. The minimum absolute atomic E-state index is 0.358. The van der Waals surface area contributed by atoms with Crippen molar-refractivity contribution in [1.29, 1.82) is 0 Å². The summed E-state index contributed by atoms with van der Waals surface area (Å²) in [7, 11) is 1.59. The SMILES string of the molecule is COc1ccc(C[C@@](C)(O)c2cn(-c3ccc(C(F)(F)F)cc3)nc2C)cc1. The average molecular weight is 390 g/mol. The summed E-state index contributed by atoms with van der Waals surface area (Å²) in [4.78, 5) is 0. The zero-order valence-electron chi connectivity index (χ0n) is 15.8. The molecule has 1 N–H and O–H groups in total. The van der Waals surface area contributed by atoms with Crippen molar-refractivity contribution in [2.24, 2.45) is 0 Å². The van der Waals surface area contributed by atoms with Crippen LogP contribution in [-0.4, -0.2) is 22.0 Å². The molecule has 2 aromatic carbocycles. The number of ether oxygens (including phenoxy) is 1. The average Bonchev–Trinajstić information content (AvgIpc) is 3.04. The first kappa shape index (κ1) is 19.9. The van der Waals surface area contributed by atoms with Crippen molar-refractivity contribution in [3.05, 3.63) is 77.1 Å². The minimum Gasteiger partial charge on any atom is -0.497 e. The molecule has 0 saturated heterocycles. The molecular formula is C21H21F3N2O2. The van der Waals surface area contributed by atoms with Gasteiger partial charge in [-0.25, -0.2) is 4.68 Å². The maximum Gasteiger partial charge on any atom is 0.416 e. The summed E-state index contributed by atoms with van der Waals surface area (Å²) in [5, 5.41) is 15.4. The minimum atomic E-state index is -4.38. The fourth-order valence-corrected chi connectivity index (χ4v) is 3.16. The Morgan fingerprint density at radius 3 is 2.18 bits per heavy atom. The van der Waals surface area contributed by atoms with Gasteiger partial charge in [0.1, 0.15) is 5.75 Å². The van der Waals surface area contributed by atoms with E-state index < -0.39 is 17.3 Å². The lowest BCUT2D eigenvalue weighted by Gasteiger charge is -2.23. The van der Waals surface area contributed by atoms with E-state index in [0.29, 0.717) is 23.4 Å². The van der Waals surface area contributed by atoms with E-state index in [0.717, 1.165) is 23.4 Å². The van der Waals surface area contributed by atoms with Gasteiger partial charge in [-0.3, -0.25) is 0 Å². The van der Waals surface area contributed by atoms with Crippen LogP contribution < -0.4 is 4.74 Å². The number of rotatable bonds is 5. The third-order valence-corrected chi connectivity index (χ3v) is 4.65. The Bertz CT molecular complexity index is 943. The molecule has 28 heavy (non-hydrogen) atoms. The molecular weight excluding hydrogens is 369 g/mol.